The van der Waals surface area contributed by atoms with Crippen molar-refractivity contribution >= 4 is 5.91 Å². The van der Waals surface area contributed by atoms with E-state index in [1.807, 2.05) is 18.7 Å². The lowest BCUT2D eigenvalue weighted by molar-refractivity contribution is -0.136. The van der Waals surface area contributed by atoms with Crippen LogP contribution in [0.5, 0.6) is 0 Å². The van der Waals surface area contributed by atoms with Crippen molar-refractivity contribution in [1.29, 1.82) is 0 Å². The standard InChI is InChI=1S/C18H34N6O3/c1-12(2)17(25)23-5-7-24(8-6-23)18-21-16(27-22-18)13-3-4-19-15(9-13)20-14-10-26-11-14/h12-16,18-22H,3-11H2,1-2H3. The zero-order chi connectivity index (χ0) is 18.8. The zero-order valence-electron chi connectivity index (χ0n) is 16.4. The summed E-state index contributed by atoms with van der Waals surface area (Å²) in [6.45, 7) is 9.84. The molecule has 9 heteroatoms. The average Bonchev–Trinajstić information content (AvgIpc) is 3.15. The van der Waals surface area contributed by atoms with Crippen LogP contribution in [0.1, 0.15) is 26.7 Å². The fourth-order valence-corrected chi connectivity index (χ4v) is 4.30. The molecule has 0 aromatic carbocycles. The van der Waals surface area contributed by atoms with E-state index in [-0.39, 0.29) is 24.3 Å². The number of piperazine rings is 1. The van der Waals surface area contributed by atoms with Gasteiger partial charge in [-0.3, -0.25) is 25.2 Å². The number of ether oxygens (including phenoxy) is 1. The number of nitrogens with zero attached hydrogens (tertiary/aromatic N) is 2. The van der Waals surface area contributed by atoms with Gasteiger partial charge in [0.15, 0.2) is 0 Å². The molecule has 4 aliphatic rings. The second-order valence-corrected chi connectivity index (χ2v) is 8.43. The lowest BCUT2D eigenvalue weighted by Gasteiger charge is -2.39. The first-order chi connectivity index (χ1) is 13.1. The zero-order valence-corrected chi connectivity index (χ0v) is 16.4. The van der Waals surface area contributed by atoms with Gasteiger partial charge in [0, 0.05) is 38.0 Å². The molecule has 1 amide bonds. The van der Waals surface area contributed by atoms with E-state index < -0.39 is 0 Å². The summed E-state index contributed by atoms with van der Waals surface area (Å²) in [7, 11) is 0. The number of hydrogen-bond donors (Lipinski definition) is 4. The number of carbonyl (C=O) groups excluding carboxylic acids is 1. The van der Waals surface area contributed by atoms with Gasteiger partial charge in [-0.05, 0) is 19.4 Å². The highest BCUT2D eigenvalue weighted by molar-refractivity contribution is 5.78. The van der Waals surface area contributed by atoms with E-state index in [1.54, 1.807) is 0 Å². The van der Waals surface area contributed by atoms with Crippen molar-refractivity contribution in [3.63, 3.8) is 0 Å². The monoisotopic (exact) mass is 382 g/mol. The van der Waals surface area contributed by atoms with E-state index >= 15 is 0 Å². The largest absolute Gasteiger partial charge is 0.378 e. The smallest absolute Gasteiger partial charge is 0.225 e. The summed E-state index contributed by atoms with van der Waals surface area (Å²) < 4.78 is 5.25. The van der Waals surface area contributed by atoms with Crippen LogP contribution in [-0.4, -0.2) is 86.4 Å². The Hall–Kier alpha value is -0.810. The third kappa shape index (κ3) is 4.61. The predicted molar refractivity (Wildman–Crippen MR) is 100 cm³/mol. The number of nitrogens with one attached hydrogen (secondary N) is 4. The minimum Gasteiger partial charge on any atom is -0.378 e. The number of rotatable bonds is 5. The first-order valence-electron chi connectivity index (χ1n) is 10.4. The van der Waals surface area contributed by atoms with Crippen molar-refractivity contribution in [2.24, 2.45) is 11.8 Å². The molecule has 9 nitrogen and oxygen atoms in total. The maximum absolute atomic E-state index is 12.1. The third-order valence-electron chi connectivity index (χ3n) is 6.06. The highest BCUT2D eigenvalue weighted by Crippen LogP contribution is 2.23. The van der Waals surface area contributed by atoms with Crippen LogP contribution in [0.15, 0.2) is 0 Å². The number of hydroxylamine groups is 1. The molecule has 4 saturated heterocycles. The van der Waals surface area contributed by atoms with Gasteiger partial charge in [0.25, 0.3) is 0 Å². The van der Waals surface area contributed by atoms with Gasteiger partial charge in [0.1, 0.15) is 12.5 Å². The molecule has 4 rings (SSSR count). The third-order valence-corrected chi connectivity index (χ3v) is 6.06. The lowest BCUT2D eigenvalue weighted by Crippen LogP contribution is -2.60. The summed E-state index contributed by atoms with van der Waals surface area (Å²) in [6.07, 6.45) is 2.51. The second kappa shape index (κ2) is 8.69. The van der Waals surface area contributed by atoms with E-state index in [2.05, 4.69) is 26.3 Å². The topological polar surface area (TPSA) is 90.1 Å². The molecule has 0 radical (unpaired) electrons. The van der Waals surface area contributed by atoms with Crippen LogP contribution < -0.4 is 21.4 Å². The van der Waals surface area contributed by atoms with Crippen molar-refractivity contribution in [2.75, 3.05) is 45.9 Å². The molecular formula is C18H34N6O3. The van der Waals surface area contributed by atoms with E-state index in [4.69, 9.17) is 9.57 Å². The summed E-state index contributed by atoms with van der Waals surface area (Å²) in [4.78, 5) is 22.3. The molecule has 0 bridgehead atoms. The molecule has 0 aliphatic carbocycles. The van der Waals surface area contributed by atoms with Gasteiger partial charge in [-0.2, -0.15) is 5.48 Å². The summed E-state index contributed by atoms with van der Waals surface area (Å²) in [6, 6.07) is 0.481. The Labute approximate surface area is 161 Å². The van der Waals surface area contributed by atoms with Crippen molar-refractivity contribution in [1.82, 2.24) is 31.2 Å². The van der Waals surface area contributed by atoms with Crippen LogP contribution in [0.3, 0.4) is 0 Å². The van der Waals surface area contributed by atoms with Gasteiger partial charge in [-0.1, -0.05) is 13.8 Å². The SMILES string of the molecule is CC(C)C(=O)N1CCN(C2NOC(C3CCNC(NC4COC4)C3)N2)CC1. The van der Waals surface area contributed by atoms with Crippen LogP contribution in [0, 0.1) is 11.8 Å². The number of amides is 1. The Morgan fingerprint density at radius 3 is 2.63 bits per heavy atom. The molecular weight excluding hydrogens is 348 g/mol. The van der Waals surface area contributed by atoms with Crippen molar-refractivity contribution in [3.8, 4) is 0 Å². The molecule has 0 saturated carbocycles. The Bertz CT molecular complexity index is 509. The van der Waals surface area contributed by atoms with Gasteiger partial charge in [-0.25, -0.2) is 0 Å². The Morgan fingerprint density at radius 2 is 1.96 bits per heavy atom. The van der Waals surface area contributed by atoms with E-state index in [0.717, 1.165) is 58.8 Å². The summed E-state index contributed by atoms with van der Waals surface area (Å²) in [5.74, 6) is 0.784. The molecule has 4 unspecified atom stereocenters. The van der Waals surface area contributed by atoms with Crippen LogP contribution in [0.25, 0.3) is 0 Å². The average molecular weight is 383 g/mol. The van der Waals surface area contributed by atoms with Gasteiger partial charge < -0.3 is 15.0 Å². The van der Waals surface area contributed by atoms with Crippen LogP contribution in [-0.2, 0) is 14.4 Å². The normalized spacial score (nSPS) is 36.2. The second-order valence-electron chi connectivity index (χ2n) is 8.43. The van der Waals surface area contributed by atoms with Crippen LogP contribution in [0.2, 0.25) is 0 Å². The van der Waals surface area contributed by atoms with Crippen molar-refractivity contribution in [2.45, 2.75) is 51.4 Å². The fraction of sp³-hybridized carbons (Fsp3) is 0.944. The highest BCUT2D eigenvalue weighted by Gasteiger charge is 2.38. The molecule has 4 atom stereocenters. The number of hydrogen-bond acceptors (Lipinski definition) is 8. The molecule has 0 aromatic rings. The summed E-state index contributed by atoms with van der Waals surface area (Å²) in [5.41, 5.74) is 3.17. The van der Waals surface area contributed by atoms with Gasteiger partial charge in [0.05, 0.1) is 25.4 Å². The first kappa shape index (κ1) is 19.5. The van der Waals surface area contributed by atoms with E-state index in [1.165, 1.54) is 0 Å². The van der Waals surface area contributed by atoms with Crippen LogP contribution in [0.4, 0.5) is 0 Å². The molecule has 4 aliphatic heterocycles. The number of piperidine rings is 1. The summed E-state index contributed by atoms with van der Waals surface area (Å²) in [5, 5.41) is 10.8. The molecule has 27 heavy (non-hydrogen) atoms. The van der Waals surface area contributed by atoms with Gasteiger partial charge in [-0.15, -0.1) is 0 Å². The maximum Gasteiger partial charge on any atom is 0.225 e. The van der Waals surface area contributed by atoms with E-state index in [0.29, 0.717) is 18.1 Å². The Morgan fingerprint density at radius 1 is 1.19 bits per heavy atom. The molecule has 0 spiro atoms. The van der Waals surface area contributed by atoms with Crippen molar-refractivity contribution < 1.29 is 14.4 Å². The Balaban J connectivity index is 1.22. The fourth-order valence-electron chi connectivity index (χ4n) is 4.30. The molecule has 4 N–H and O–H groups in total. The maximum atomic E-state index is 12.1. The first-order valence-corrected chi connectivity index (χ1v) is 10.4. The molecule has 154 valence electrons. The molecule has 4 fully saturated rings. The minimum atomic E-state index is 0.0210. The van der Waals surface area contributed by atoms with E-state index in [9.17, 15) is 4.79 Å². The Kier molecular flexibility index (Phi) is 6.28. The van der Waals surface area contributed by atoms with Crippen LogP contribution >= 0.6 is 0 Å². The molecule has 0 aromatic heterocycles. The highest BCUT2D eigenvalue weighted by atomic mass is 16.7. The minimum absolute atomic E-state index is 0.0210. The van der Waals surface area contributed by atoms with Gasteiger partial charge >= 0.3 is 0 Å². The quantitative estimate of drug-likeness (QED) is 0.473. The predicted octanol–water partition coefficient (Wildman–Crippen LogP) is -1.17. The number of carbonyl (C=O) groups is 1. The lowest BCUT2D eigenvalue weighted by atomic mass is 9.93. The van der Waals surface area contributed by atoms with Gasteiger partial charge in [0.2, 0.25) is 5.91 Å². The summed E-state index contributed by atoms with van der Waals surface area (Å²) >= 11 is 0. The molecule has 4 heterocycles. The van der Waals surface area contributed by atoms with Crippen molar-refractivity contribution in [3.05, 3.63) is 0 Å².